The third kappa shape index (κ3) is 4.27. The molecule has 12 heteroatoms. The number of para-hydroxylation sites is 1. The van der Waals surface area contributed by atoms with E-state index >= 15 is 0 Å². The lowest BCUT2D eigenvalue weighted by atomic mass is 10.1. The lowest BCUT2D eigenvalue weighted by molar-refractivity contribution is -0.137. The number of nitrogens with zero attached hydrogens (tertiary/aromatic N) is 3. The van der Waals surface area contributed by atoms with Gasteiger partial charge in [0.15, 0.2) is 0 Å². The number of benzene rings is 1. The number of rotatable bonds is 6. The van der Waals surface area contributed by atoms with Crippen molar-refractivity contribution in [1.29, 1.82) is 0 Å². The van der Waals surface area contributed by atoms with E-state index in [0.29, 0.717) is 0 Å². The topological polar surface area (TPSA) is 116 Å². The molecule has 31 heavy (non-hydrogen) atoms. The van der Waals surface area contributed by atoms with Gasteiger partial charge in [0.05, 0.1) is 17.9 Å². The Morgan fingerprint density at radius 1 is 1.26 bits per heavy atom. The molecule has 0 unspecified atom stereocenters. The van der Waals surface area contributed by atoms with E-state index in [2.05, 4.69) is 15.5 Å². The molecule has 0 radical (unpaired) electrons. The van der Waals surface area contributed by atoms with Crippen LogP contribution in [0.4, 0.5) is 18.9 Å². The van der Waals surface area contributed by atoms with Crippen LogP contribution in [0.25, 0.3) is 11.1 Å². The fourth-order valence-corrected chi connectivity index (χ4v) is 2.98. The van der Waals surface area contributed by atoms with Gasteiger partial charge >= 0.3 is 12.1 Å². The number of fused-ring (bicyclic) bond motifs is 1. The van der Waals surface area contributed by atoms with Crippen LogP contribution in [0, 0.1) is 0 Å². The molecule has 1 atom stereocenters. The van der Waals surface area contributed by atoms with Crippen LogP contribution < -0.4 is 10.9 Å². The highest BCUT2D eigenvalue weighted by Crippen LogP contribution is 2.35. The summed E-state index contributed by atoms with van der Waals surface area (Å²) >= 11 is 0. The molecule has 1 N–H and O–H groups in total. The number of ether oxygens (including phenoxy) is 1. The highest BCUT2D eigenvalue weighted by Gasteiger charge is 2.34. The minimum Gasteiger partial charge on any atom is -0.461 e. The molecular weight excluding hydrogens is 421 g/mol. The molecule has 1 amide bonds. The van der Waals surface area contributed by atoms with Crippen molar-refractivity contribution in [2.75, 3.05) is 11.9 Å². The van der Waals surface area contributed by atoms with E-state index in [4.69, 9.17) is 9.26 Å². The molecule has 2 aromatic heterocycles. The quantitative estimate of drug-likeness (QED) is 0.588. The first-order valence-corrected chi connectivity index (χ1v) is 9.19. The van der Waals surface area contributed by atoms with E-state index < -0.39 is 46.6 Å². The van der Waals surface area contributed by atoms with Crippen molar-refractivity contribution in [3.8, 4) is 0 Å². The van der Waals surface area contributed by atoms with Crippen LogP contribution in [0.15, 0.2) is 39.9 Å². The van der Waals surface area contributed by atoms with Crippen LogP contribution in [0.5, 0.6) is 0 Å². The first-order chi connectivity index (χ1) is 14.7. The van der Waals surface area contributed by atoms with E-state index in [1.54, 1.807) is 13.8 Å². The number of nitrogens with one attached hydrogen (secondary N) is 1. The van der Waals surface area contributed by atoms with Crippen LogP contribution >= 0.6 is 0 Å². The summed E-state index contributed by atoms with van der Waals surface area (Å²) in [5.74, 6) is -1.77. The van der Waals surface area contributed by atoms with Crippen LogP contribution in [0.3, 0.4) is 0 Å². The maximum atomic E-state index is 13.2. The summed E-state index contributed by atoms with van der Waals surface area (Å²) in [7, 11) is 0. The van der Waals surface area contributed by atoms with Crippen molar-refractivity contribution in [3.05, 3.63) is 52.2 Å². The molecule has 0 bridgehead atoms. The largest absolute Gasteiger partial charge is 0.461 e. The van der Waals surface area contributed by atoms with Crippen LogP contribution in [-0.2, 0) is 15.7 Å². The molecule has 3 rings (SSSR count). The second kappa shape index (κ2) is 8.58. The van der Waals surface area contributed by atoms with Crippen molar-refractivity contribution in [2.24, 2.45) is 0 Å². The zero-order valence-corrected chi connectivity index (χ0v) is 16.4. The predicted octanol–water partition coefficient (Wildman–Crippen LogP) is 3.17. The van der Waals surface area contributed by atoms with Gasteiger partial charge in [0.2, 0.25) is 11.6 Å². The molecule has 164 valence electrons. The summed E-state index contributed by atoms with van der Waals surface area (Å²) in [6, 6.07) is 3.26. The smallest absolute Gasteiger partial charge is 0.418 e. The molecule has 0 aliphatic heterocycles. The lowest BCUT2D eigenvalue weighted by Gasteiger charge is -2.19. The maximum absolute atomic E-state index is 13.2. The summed E-state index contributed by atoms with van der Waals surface area (Å²) in [6.45, 7) is 3.16. The number of anilines is 1. The number of aromatic nitrogens is 3. The van der Waals surface area contributed by atoms with Gasteiger partial charge in [0, 0.05) is 0 Å². The fourth-order valence-electron chi connectivity index (χ4n) is 2.98. The zero-order valence-electron chi connectivity index (χ0n) is 16.4. The Bertz CT molecular complexity index is 1190. The second-order valence-corrected chi connectivity index (χ2v) is 6.35. The third-order valence-corrected chi connectivity index (χ3v) is 4.41. The van der Waals surface area contributed by atoms with Crippen molar-refractivity contribution in [1.82, 2.24) is 14.7 Å². The lowest BCUT2D eigenvalue weighted by Crippen LogP contribution is -2.34. The van der Waals surface area contributed by atoms with Crippen LogP contribution in [-0.4, -0.2) is 33.2 Å². The molecule has 0 aliphatic rings. The van der Waals surface area contributed by atoms with Gasteiger partial charge in [-0.3, -0.25) is 14.2 Å². The Kier molecular flexibility index (Phi) is 6.09. The molecule has 3 aromatic rings. The fraction of sp³-hybridized carbons (Fsp3) is 0.316. The Morgan fingerprint density at radius 3 is 2.61 bits per heavy atom. The molecule has 0 saturated heterocycles. The molecule has 0 spiro atoms. The number of esters is 1. The molecule has 1 aromatic carbocycles. The van der Waals surface area contributed by atoms with E-state index in [9.17, 15) is 27.6 Å². The average Bonchev–Trinajstić information content (AvgIpc) is 3.15. The monoisotopic (exact) mass is 438 g/mol. The SMILES string of the molecule is CCOC(=O)c1noc2ncn([C@@H](CC)C(=O)Nc3ccccc3C(F)(F)F)c(=O)c12. The van der Waals surface area contributed by atoms with Crippen LogP contribution in [0.1, 0.15) is 42.4 Å². The van der Waals surface area contributed by atoms with Crippen molar-refractivity contribution in [3.63, 3.8) is 0 Å². The van der Waals surface area contributed by atoms with Gasteiger partial charge < -0.3 is 14.6 Å². The Morgan fingerprint density at radius 2 is 1.97 bits per heavy atom. The van der Waals surface area contributed by atoms with Gasteiger partial charge in [-0.25, -0.2) is 9.78 Å². The Labute approximate surface area is 172 Å². The van der Waals surface area contributed by atoms with Crippen LogP contribution in [0.2, 0.25) is 0 Å². The number of carbonyl (C=O) groups excluding carboxylic acids is 2. The minimum atomic E-state index is -4.68. The third-order valence-electron chi connectivity index (χ3n) is 4.41. The Hall–Kier alpha value is -3.70. The van der Waals surface area contributed by atoms with Gasteiger partial charge in [-0.1, -0.05) is 24.2 Å². The normalized spacial score (nSPS) is 12.5. The number of alkyl halides is 3. The van der Waals surface area contributed by atoms with Gasteiger partial charge in [-0.05, 0) is 25.5 Å². The molecule has 0 fully saturated rings. The van der Waals surface area contributed by atoms with Gasteiger partial charge in [0.25, 0.3) is 11.3 Å². The highest BCUT2D eigenvalue weighted by molar-refractivity contribution is 6.00. The standard InChI is InChI=1S/C19H17F3N4O5/c1-3-12(15(27)24-11-8-6-5-7-10(11)19(20,21)22)26-9-23-16-13(17(26)28)14(25-31-16)18(29)30-4-2/h5-9,12H,3-4H2,1-2H3,(H,24,27)/t12-/m0/s1. The summed E-state index contributed by atoms with van der Waals surface area (Å²) in [6.07, 6.45) is -3.62. The molecule has 9 nitrogen and oxygen atoms in total. The maximum Gasteiger partial charge on any atom is 0.418 e. The minimum absolute atomic E-state index is 0.0280. The van der Waals surface area contributed by atoms with E-state index in [1.165, 1.54) is 12.1 Å². The number of hydrogen-bond donors (Lipinski definition) is 1. The van der Waals surface area contributed by atoms with E-state index in [1.807, 2.05) is 0 Å². The van der Waals surface area contributed by atoms with Crippen molar-refractivity contribution < 1.29 is 32.0 Å². The first-order valence-electron chi connectivity index (χ1n) is 9.19. The van der Waals surface area contributed by atoms with Gasteiger partial charge in [0.1, 0.15) is 17.8 Å². The number of carbonyl (C=O) groups is 2. The molecular formula is C19H17F3N4O5. The molecule has 2 heterocycles. The summed E-state index contributed by atoms with van der Waals surface area (Å²) in [4.78, 5) is 41.6. The summed E-state index contributed by atoms with van der Waals surface area (Å²) < 4.78 is 50.2. The van der Waals surface area contributed by atoms with Crippen molar-refractivity contribution in [2.45, 2.75) is 32.5 Å². The summed E-state index contributed by atoms with van der Waals surface area (Å²) in [5, 5.41) is 5.43. The second-order valence-electron chi connectivity index (χ2n) is 6.35. The molecule has 0 aliphatic carbocycles. The van der Waals surface area contributed by atoms with Gasteiger partial charge in [-0.15, -0.1) is 0 Å². The van der Waals surface area contributed by atoms with E-state index in [-0.39, 0.29) is 24.1 Å². The first kappa shape index (κ1) is 22.0. The average molecular weight is 438 g/mol. The van der Waals surface area contributed by atoms with Gasteiger partial charge in [-0.2, -0.15) is 13.2 Å². The number of hydrogen-bond acceptors (Lipinski definition) is 7. The zero-order chi connectivity index (χ0) is 22.8. The highest BCUT2D eigenvalue weighted by atomic mass is 19.4. The number of amides is 1. The Balaban J connectivity index is 2.01. The van der Waals surface area contributed by atoms with E-state index in [0.717, 1.165) is 23.0 Å². The number of halogens is 3. The molecule has 0 saturated carbocycles. The summed E-state index contributed by atoms with van der Waals surface area (Å²) in [5.41, 5.74) is -2.93. The van der Waals surface area contributed by atoms with Crippen molar-refractivity contribution >= 4 is 28.7 Å². The predicted molar refractivity (Wildman–Crippen MR) is 101 cm³/mol.